The maximum Gasteiger partial charge on any atom is 0.331 e. The van der Waals surface area contributed by atoms with E-state index in [-0.39, 0.29) is 5.78 Å². The molecule has 0 bridgehead atoms. The van der Waals surface area contributed by atoms with E-state index in [1.165, 1.54) is 0 Å². The Hall–Kier alpha value is -2.68. The number of ether oxygens (including phenoxy) is 1. The van der Waals surface area contributed by atoms with E-state index >= 15 is 0 Å². The molecule has 1 atom stereocenters. The van der Waals surface area contributed by atoms with Gasteiger partial charge in [-0.15, -0.1) is 0 Å². The van der Waals surface area contributed by atoms with Gasteiger partial charge in [-0.1, -0.05) is 67.2 Å². The van der Waals surface area contributed by atoms with Gasteiger partial charge in [0.25, 0.3) is 0 Å². The lowest BCUT2D eigenvalue weighted by molar-refractivity contribution is -0.141. The fourth-order valence-electron chi connectivity index (χ4n) is 1.82. The van der Waals surface area contributed by atoms with Gasteiger partial charge in [0.15, 0.2) is 6.10 Å². The van der Waals surface area contributed by atoms with Crippen LogP contribution in [0.1, 0.15) is 22.0 Å². The number of benzene rings is 2. The second kappa shape index (κ2) is 6.48. The van der Waals surface area contributed by atoms with Crippen LogP contribution in [0.2, 0.25) is 0 Å². The number of hydrogen-bond acceptors (Lipinski definition) is 3. The van der Waals surface area contributed by atoms with Crippen molar-refractivity contribution in [3.8, 4) is 0 Å². The summed E-state index contributed by atoms with van der Waals surface area (Å²) in [6.45, 7) is 3.35. The number of esters is 1. The van der Waals surface area contributed by atoms with Crippen LogP contribution >= 0.6 is 0 Å². The molecule has 0 heterocycles. The maximum atomic E-state index is 12.5. The first-order valence-electron chi connectivity index (χ1n) is 6.19. The van der Waals surface area contributed by atoms with Crippen LogP contribution in [0, 0.1) is 0 Å². The van der Waals surface area contributed by atoms with Crippen molar-refractivity contribution in [2.75, 3.05) is 0 Å². The number of hydrogen-bond donors (Lipinski definition) is 0. The standard InChI is InChI=1S/C17H14O3/c1-2-15(18)20-17(14-11-7-4-8-12-14)16(19)13-9-5-3-6-10-13/h2-12,17H,1H2. The molecule has 100 valence electrons. The number of rotatable bonds is 5. The van der Waals surface area contributed by atoms with E-state index in [1.807, 2.05) is 12.1 Å². The zero-order valence-corrected chi connectivity index (χ0v) is 10.9. The van der Waals surface area contributed by atoms with E-state index in [2.05, 4.69) is 6.58 Å². The van der Waals surface area contributed by atoms with Gasteiger partial charge in [0.1, 0.15) is 0 Å². The van der Waals surface area contributed by atoms with Gasteiger partial charge >= 0.3 is 5.97 Å². The normalized spacial score (nSPS) is 11.4. The number of ketones is 1. The Labute approximate surface area is 117 Å². The Balaban J connectivity index is 2.34. The lowest BCUT2D eigenvalue weighted by atomic mass is 10.00. The van der Waals surface area contributed by atoms with Crippen LogP contribution in [-0.2, 0) is 9.53 Å². The quantitative estimate of drug-likeness (QED) is 0.473. The monoisotopic (exact) mass is 266 g/mol. The van der Waals surface area contributed by atoms with Crippen molar-refractivity contribution in [3.63, 3.8) is 0 Å². The zero-order chi connectivity index (χ0) is 14.4. The highest BCUT2D eigenvalue weighted by Crippen LogP contribution is 2.22. The molecule has 0 aliphatic rings. The molecule has 3 heteroatoms. The second-order valence-corrected chi connectivity index (χ2v) is 4.16. The first kappa shape index (κ1) is 13.7. The molecule has 20 heavy (non-hydrogen) atoms. The molecule has 0 fully saturated rings. The largest absolute Gasteiger partial charge is 0.446 e. The lowest BCUT2D eigenvalue weighted by Crippen LogP contribution is -2.19. The summed E-state index contributed by atoms with van der Waals surface area (Å²) in [7, 11) is 0. The van der Waals surface area contributed by atoms with Gasteiger partial charge in [-0.05, 0) is 0 Å². The van der Waals surface area contributed by atoms with Crippen molar-refractivity contribution < 1.29 is 14.3 Å². The van der Waals surface area contributed by atoms with Crippen molar-refractivity contribution in [1.82, 2.24) is 0 Å². The van der Waals surface area contributed by atoms with E-state index in [4.69, 9.17) is 4.74 Å². The number of carbonyl (C=O) groups excluding carboxylic acids is 2. The van der Waals surface area contributed by atoms with Gasteiger partial charge in [-0.3, -0.25) is 4.79 Å². The molecule has 0 radical (unpaired) electrons. The number of carbonyl (C=O) groups is 2. The van der Waals surface area contributed by atoms with Crippen molar-refractivity contribution >= 4 is 11.8 Å². The molecular formula is C17H14O3. The van der Waals surface area contributed by atoms with E-state index in [0.717, 1.165) is 6.08 Å². The predicted molar refractivity (Wildman–Crippen MR) is 76.2 cm³/mol. The summed E-state index contributed by atoms with van der Waals surface area (Å²) < 4.78 is 5.20. The molecule has 0 saturated carbocycles. The lowest BCUT2D eigenvalue weighted by Gasteiger charge is -2.16. The topological polar surface area (TPSA) is 43.4 Å². The Kier molecular flexibility index (Phi) is 4.45. The van der Waals surface area contributed by atoms with Crippen LogP contribution in [-0.4, -0.2) is 11.8 Å². The van der Waals surface area contributed by atoms with Crippen LogP contribution in [0.3, 0.4) is 0 Å². The van der Waals surface area contributed by atoms with Crippen molar-refractivity contribution in [2.45, 2.75) is 6.10 Å². The third kappa shape index (κ3) is 3.20. The average Bonchev–Trinajstić information content (AvgIpc) is 2.53. The summed E-state index contributed by atoms with van der Waals surface area (Å²) in [5.74, 6) is -0.880. The molecule has 0 saturated heterocycles. The molecule has 0 aliphatic heterocycles. The van der Waals surface area contributed by atoms with E-state index in [9.17, 15) is 9.59 Å². The molecule has 0 N–H and O–H groups in total. The highest BCUT2D eigenvalue weighted by Gasteiger charge is 2.24. The summed E-state index contributed by atoms with van der Waals surface area (Å²) in [4.78, 5) is 23.9. The van der Waals surface area contributed by atoms with E-state index in [1.54, 1.807) is 48.5 Å². The molecule has 0 aliphatic carbocycles. The SMILES string of the molecule is C=CC(=O)OC(C(=O)c1ccccc1)c1ccccc1. The fourth-order valence-corrected chi connectivity index (χ4v) is 1.82. The van der Waals surface area contributed by atoms with E-state index < -0.39 is 12.1 Å². The zero-order valence-electron chi connectivity index (χ0n) is 10.9. The predicted octanol–water partition coefficient (Wildman–Crippen LogP) is 3.34. The molecule has 0 amide bonds. The third-order valence-electron chi connectivity index (χ3n) is 2.80. The summed E-state index contributed by atoms with van der Waals surface area (Å²) in [6, 6.07) is 17.7. The fraction of sp³-hybridized carbons (Fsp3) is 0.0588. The third-order valence-corrected chi connectivity index (χ3v) is 2.80. The molecule has 0 spiro atoms. The second-order valence-electron chi connectivity index (χ2n) is 4.16. The molecule has 1 unspecified atom stereocenters. The van der Waals surface area contributed by atoms with Gasteiger partial charge in [-0.2, -0.15) is 0 Å². The van der Waals surface area contributed by atoms with Gasteiger partial charge in [0.05, 0.1) is 0 Å². The van der Waals surface area contributed by atoms with Crippen molar-refractivity contribution in [2.24, 2.45) is 0 Å². The Morgan fingerprint density at radius 2 is 1.50 bits per heavy atom. The summed E-state index contributed by atoms with van der Waals surface area (Å²) >= 11 is 0. The van der Waals surface area contributed by atoms with Gasteiger partial charge < -0.3 is 4.74 Å². The van der Waals surface area contributed by atoms with Crippen LogP contribution < -0.4 is 0 Å². The minimum Gasteiger partial charge on any atom is -0.446 e. The smallest absolute Gasteiger partial charge is 0.331 e. The number of Topliss-reactive ketones (excluding diaryl/α,β-unsaturated/α-hetero) is 1. The van der Waals surface area contributed by atoms with Gasteiger partial charge in [0, 0.05) is 17.2 Å². The summed E-state index contributed by atoms with van der Waals surface area (Å²) in [6.07, 6.45) is 0.0953. The molecule has 2 rings (SSSR count). The summed E-state index contributed by atoms with van der Waals surface area (Å²) in [5, 5.41) is 0. The van der Waals surface area contributed by atoms with Gasteiger partial charge in [0.2, 0.25) is 5.78 Å². The van der Waals surface area contributed by atoms with Crippen LogP contribution in [0.5, 0.6) is 0 Å². The average molecular weight is 266 g/mol. The minimum absolute atomic E-state index is 0.257. The van der Waals surface area contributed by atoms with Crippen molar-refractivity contribution in [1.29, 1.82) is 0 Å². The van der Waals surface area contributed by atoms with Crippen molar-refractivity contribution in [3.05, 3.63) is 84.4 Å². The molecule has 0 aromatic heterocycles. The minimum atomic E-state index is -0.955. The highest BCUT2D eigenvalue weighted by molar-refractivity contribution is 6.01. The van der Waals surface area contributed by atoms with Crippen LogP contribution in [0.25, 0.3) is 0 Å². The Morgan fingerprint density at radius 3 is 2.05 bits per heavy atom. The molecular weight excluding hydrogens is 252 g/mol. The molecule has 2 aromatic rings. The first-order chi connectivity index (χ1) is 9.72. The summed E-state index contributed by atoms with van der Waals surface area (Å²) in [5.41, 5.74) is 1.13. The van der Waals surface area contributed by atoms with Crippen LogP contribution in [0.4, 0.5) is 0 Å². The molecule has 2 aromatic carbocycles. The Morgan fingerprint density at radius 1 is 0.950 bits per heavy atom. The first-order valence-corrected chi connectivity index (χ1v) is 6.19. The van der Waals surface area contributed by atoms with Crippen LogP contribution in [0.15, 0.2) is 73.3 Å². The molecule has 3 nitrogen and oxygen atoms in total. The Bertz CT molecular complexity index is 603. The maximum absolute atomic E-state index is 12.5. The van der Waals surface area contributed by atoms with Gasteiger partial charge in [-0.25, -0.2) is 4.79 Å². The van der Waals surface area contributed by atoms with E-state index in [0.29, 0.717) is 11.1 Å². The highest BCUT2D eigenvalue weighted by atomic mass is 16.5.